The quantitative estimate of drug-likeness (QED) is 0.738. The average Bonchev–Trinajstić information content (AvgIpc) is 3.22. The summed E-state index contributed by atoms with van der Waals surface area (Å²) >= 11 is 1.41. The van der Waals surface area contributed by atoms with Crippen molar-refractivity contribution in [1.29, 1.82) is 0 Å². The van der Waals surface area contributed by atoms with Gasteiger partial charge in [-0.15, -0.1) is 11.3 Å². The molecular weight excluding hydrogens is 312 g/mol. The van der Waals surface area contributed by atoms with Gasteiger partial charge in [0.1, 0.15) is 5.75 Å². The van der Waals surface area contributed by atoms with Crippen LogP contribution in [0.15, 0.2) is 54.6 Å². The molecule has 4 nitrogen and oxygen atoms in total. The van der Waals surface area contributed by atoms with Crippen molar-refractivity contribution in [3.8, 4) is 27.7 Å². The summed E-state index contributed by atoms with van der Waals surface area (Å²) in [5, 5.41) is 9.51. The third-order valence-corrected chi connectivity index (χ3v) is 4.73. The van der Waals surface area contributed by atoms with Crippen LogP contribution in [0.2, 0.25) is 0 Å². The minimum atomic E-state index is -0.0992. The summed E-state index contributed by atoms with van der Waals surface area (Å²) in [6, 6.07) is 15.8. The van der Waals surface area contributed by atoms with E-state index in [-0.39, 0.29) is 18.3 Å². The van der Waals surface area contributed by atoms with E-state index in [1.54, 1.807) is 24.3 Å². The second-order valence-electron chi connectivity index (χ2n) is 5.11. The van der Waals surface area contributed by atoms with Crippen molar-refractivity contribution in [2.45, 2.75) is 0 Å². The van der Waals surface area contributed by atoms with Crippen molar-refractivity contribution in [2.24, 2.45) is 0 Å². The Hall–Kier alpha value is -2.79. The Balaban J connectivity index is 1.65. The van der Waals surface area contributed by atoms with Gasteiger partial charge in [-0.1, -0.05) is 12.1 Å². The molecule has 1 N–H and O–H groups in total. The van der Waals surface area contributed by atoms with Crippen molar-refractivity contribution in [3.63, 3.8) is 0 Å². The number of phenolic OH excluding ortho intramolecular Hbond substituents is 1. The number of aromatic hydroxyl groups is 1. The number of rotatable bonds is 3. The number of phenols is 1. The van der Waals surface area contributed by atoms with E-state index in [1.807, 2.05) is 24.3 Å². The summed E-state index contributed by atoms with van der Waals surface area (Å²) in [5.41, 5.74) is 1.46. The maximum atomic E-state index is 12.5. The fourth-order valence-electron chi connectivity index (χ4n) is 2.45. The molecule has 0 atom stereocenters. The van der Waals surface area contributed by atoms with Gasteiger partial charge >= 0.3 is 0 Å². The molecule has 0 saturated carbocycles. The highest BCUT2D eigenvalue weighted by atomic mass is 32.1. The molecule has 1 aliphatic heterocycles. The molecule has 4 rings (SSSR count). The first-order valence-corrected chi connectivity index (χ1v) is 7.86. The number of benzene rings is 2. The normalized spacial score (nSPS) is 12.3. The molecule has 2 aromatic carbocycles. The number of ether oxygens (including phenoxy) is 2. The maximum Gasteiger partial charge on any atom is 0.231 e. The number of ketones is 1. The number of carbonyl (C=O) groups excluding carboxylic acids is 1. The lowest BCUT2D eigenvalue weighted by atomic mass is 10.1. The monoisotopic (exact) mass is 324 g/mol. The SMILES string of the molecule is O=C(c1cccc(O)c1)c1ccc(-c2ccc3c(c2)OCO3)s1. The average molecular weight is 324 g/mol. The van der Waals surface area contributed by atoms with E-state index in [0.717, 1.165) is 21.9 Å². The van der Waals surface area contributed by atoms with Crippen LogP contribution in [0.1, 0.15) is 15.2 Å². The fraction of sp³-hybridized carbons (Fsp3) is 0.0556. The highest BCUT2D eigenvalue weighted by Crippen LogP contribution is 2.38. The molecule has 114 valence electrons. The number of fused-ring (bicyclic) bond motifs is 1. The first-order valence-electron chi connectivity index (χ1n) is 7.04. The van der Waals surface area contributed by atoms with Crippen molar-refractivity contribution < 1.29 is 19.4 Å². The van der Waals surface area contributed by atoms with E-state index in [0.29, 0.717) is 10.4 Å². The topological polar surface area (TPSA) is 55.8 Å². The zero-order chi connectivity index (χ0) is 15.8. The van der Waals surface area contributed by atoms with Gasteiger partial charge in [0, 0.05) is 10.4 Å². The summed E-state index contributed by atoms with van der Waals surface area (Å²) in [6.07, 6.45) is 0. The van der Waals surface area contributed by atoms with Crippen LogP contribution < -0.4 is 9.47 Å². The van der Waals surface area contributed by atoms with E-state index in [1.165, 1.54) is 17.4 Å². The van der Waals surface area contributed by atoms with Crippen molar-refractivity contribution in [2.75, 3.05) is 6.79 Å². The standard InChI is InChI=1S/C18H12O4S/c19-13-3-1-2-12(8-13)18(20)17-7-6-16(23-17)11-4-5-14-15(9-11)22-10-21-14/h1-9,19H,10H2. The molecule has 1 aliphatic rings. The van der Waals surface area contributed by atoms with Crippen LogP contribution in [-0.2, 0) is 0 Å². The van der Waals surface area contributed by atoms with Crippen molar-refractivity contribution in [1.82, 2.24) is 0 Å². The van der Waals surface area contributed by atoms with Gasteiger partial charge in [-0.25, -0.2) is 0 Å². The van der Waals surface area contributed by atoms with Crippen molar-refractivity contribution >= 4 is 17.1 Å². The molecule has 0 spiro atoms. The lowest BCUT2D eigenvalue weighted by Crippen LogP contribution is -1.97. The predicted octanol–water partition coefficient (Wildman–Crippen LogP) is 4.08. The highest BCUT2D eigenvalue weighted by Gasteiger charge is 2.16. The Bertz CT molecular complexity index is 898. The third kappa shape index (κ3) is 2.55. The van der Waals surface area contributed by atoms with Crippen LogP contribution in [0.25, 0.3) is 10.4 Å². The van der Waals surface area contributed by atoms with Crippen LogP contribution in [0.5, 0.6) is 17.2 Å². The zero-order valence-corrected chi connectivity index (χ0v) is 12.8. The molecule has 3 aromatic rings. The lowest BCUT2D eigenvalue weighted by Gasteiger charge is -2.00. The molecule has 0 saturated heterocycles. The summed E-state index contributed by atoms with van der Waals surface area (Å²) in [7, 11) is 0. The minimum absolute atomic E-state index is 0.0865. The summed E-state index contributed by atoms with van der Waals surface area (Å²) in [5.74, 6) is 1.44. The molecule has 0 bridgehead atoms. The van der Waals surface area contributed by atoms with Crippen molar-refractivity contribution in [3.05, 3.63) is 65.0 Å². The molecule has 0 radical (unpaired) electrons. The molecule has 23 heavy (non-hydrogen) atoms. The number of carbonyl (C=O) groups is 1. The summed E-state index contributed by atoms with van der Waals surface area (Å²) in [4.78, 5) is 14.1. The van der Waals surface area contributed by atoms with Crippen LogP contribution in [0.4, 0.5) is 0 Å². The molecular formula is C18H12O4S. The minimum Gasteiger partial charge on any atom is -0.508 e. The molecule has 0 amide bonds. The van der Waals surface area contributed by atoms with E-state index < -0.39 is 0 Å². The third-order valence-electron chi connectivity index (χ3n) is 3.60. The Kier molecular flexibility index (Phi) is 3.28. The van der Waals surface area contributed by atoms with E-state index in [9.17, 15) is 9.90 Å². The smallest absolute Gasteiger partial charge is 0.231 e. The molecule has 2 heterocycles. The van der Waals surface area contributed by atoms with Gasteiger partial charge in [0.15, 0.2) is 11.5 Å². The molecule has 0 fully saturated rings. The Labute approximate surface area is 136 Å². The maximum absolute atomic E-state index is 12.5. The van der Waals surface area contributed by atoms with Gasteiger partial charge < -0.3 is 14.6 Å². The van der Waals surface area contributed by atoms with Crippen LogP contribution in [0, 0.1) is 0 Å². The molecule has 0 unspecified atom stereocenters. The van der Waals surface area contributed by atoms with Gasteiger partial charge in [-0.3, -0.25) is 4.79 Å². The largest absolute Gasteiger partial charge is 0.508 e. The van der Waals surface area contributed by atoms with Gasteiger partial charge in [-0.05, 0) is 48.0 Å². The zero-order valence-electron chi connectivity index (χ0n) is 12.0. The molecule has 5 heteroatoms. The van der Waals surface area contributed by atoms with Crippen LogP contribution in [0.3, 0.4) is 0 Å². The second kappa shape index (κ2) is 5.44. The Morgan fingerprint density at radius 1 is 1.00 bits per heavy atom. The summed E-state index contributed by atoms with van der Waals surface area (Å²) < 4.78 is 10.7. The van der Waals surface area contributed by atoms with Crippen LogP contribution >= 0.6 is 11.3 Å². The van der Waals surface area contributed by atoms with Gasteiger partial charge in [-0.2, -0.15) is 0 Å². The van der Waals surface area contributed by atoms with E-state index >= 15 is 0 Å². The molecule has 1 aromatic heterocycles. The first kappa shape index (κ1) is 13.8. The fourth-order valence-corrected chi connectivity index (χ4v) is 3.42. The van der Waals surface area contributed by atoms with Gasteiger partial charge in [0.05, 0.1) is 4.88 Å². The predicted molar refractivity (Wildman–Crippen MR) is 87.4 cm³/mol. The Morgan fingerprint density at radius 3 is 2.74 bits per heavy atom. The Morgan fingerprint density at radius 2 is 1.87 bits per heavy atom. The first-order chi connectivity index (χ1) is 11.2. The van der Waals surface area contributed by atoms with E-state index in [2.05, 4.69) is 0 Å². The van der Waals surface area contributed by atoms with Gasteiger partial charge in [0.2, 0.25) is 12.6 Å². The number of hydrogen-bond acceptors (Lipinski definition) is 5. The lowest BCUT2D eigenvalue weighted by molar-refractivity contribution is 0.104. The van der Waals surface area contributed by atoms with Crippen LogP contribution in [-0.4, -0.2) is 17.7 Å². The summed E-state index contributed by atoms with van der Waals surface area (Å²) in [6.45, 7) is 0.241. The second-order valence-corrected chi connectivity index (χ2v) is 6.20. The molecule has 0 aliphatic carbocycles. The number of thiophene rings is 1. The highest BCUT2D eigenvalue weighted by molar-refractivity contribution is 7.17. The number of hydrogen-bond donors (Lipinski definition) is 1. The van der Waals surface area contributed by atoms with Gasteiger partial charge in [0.25, 0.3) is 0 Å². The van der Waals surface area contributed by atoms with E-state index in [4.69, 9.17) is 9.47 Å².